The van der Waals surface area contributed by atoms with Crippen molar-refractivity contribution in [2.75, 3.05) is 18.0 Å². The van der Waals surface area contributed by atoms with E-state index in [1.807, 2.05) is 19.1 Å². The van der Waals surface area contributed by atoms with Crippen molar-refractivity contribution in [1.29, 1.82) is 0 Å². The Morgan fingerprint density at radius 1 is 1.43 bits per heavy atom. The van der Waals surface area contributed by atoms with Gasteiger partial charge in [0.05, 0.1) is 17.4 Å². The minimum atomic E-state index is -0.248. The summed E-state index contributed by atoms with van der Waals surface area (Å²) in [4.78, 5) is 2.09. The Morgan fingerprint density at radius 2 is 2.14 bits per heavy atom. The Morgan fingerprint density at radius 3 is 2.71 bits per heavy atom. The minimum absolute atomic E-state index is 0.107. The first-order valence-corrected chi connectivity index (χ1v) is 7.71. The summed E-state index contributed by atoms with van der Waals surface area (Å²) in [5.41, 5.74) is 1.40. The number of nitrogens with one attached hydrogen (secondary N) is 1. The highest BCUT2D eigenvalue weighted by Crippen LogP contribution is 2.28. The summed E-state index contributed by atoms with van der Waals surface area (Å²) in [5, 5.41) is 3.31. The number of morpholine rings is 1. The van der Waals surface area contributed by atoms with Gasteiger partial charge in [0.2, 0.25) is 0 Å². The molecule has 1 aromatic carbocycles. The average Bonchev–Trinajstić information content (AvgIpc) is 2.33. The highest BCUT2D eigenvalue weighted by molar-refractivity contribution is 5.50. The Hall–Kier alpha value is -1.13. The second-order valence-electron chi connectivity index (χ2n) is 6.89. The molecule has 1 aliphatic rings. The van der Waals surface area contributed by atoms with Gasteiger partial charge in [0, 0.05) is 25.7 Å². The lowest BCUT2D eigenvalue weighted by atomic mass is 10.0. The van der Waals surface area contributed by atoms with E-state index in [0.29, 0.717) is 24.8 Å². The molecule has 1 heterocycles. The molecule has 1 N–H and O–H groups in total. The smallest absolute Gasteiger partial charge is 0.146 e. The van der Waals surface area contributed by atoms with Crippen molar-refractivity contribution in [3.63, 3.8) is 0 Å². The molecule has 21 heavy (non-hydrogen) atoms. The SMILES string of the molecule is CC(C)NCc1ccc(N2CC(C)OC(C)(C)C2)c(F)c1. The zero-order valence-corrected chi connectivity index (χ0v) is 13.7. The molecule has 1 saturated heterocycles. The third kappa shape index (κ3) is 4.42. The largest absolute Gasteiger partial charge is 0.369 e. The van der Waals surface area contributed by atoms with Crippen molar-refractivity contribution in [2.24, 2.45) is 0 Å². The normalized spacial score (nSPS) is 21.9. The first kappa shape index (κ1) is 16.2. The summed E-state index contributed by atoms with van der Waals surface area (Å²) in [6.45, 7) is 12.4. The highest BCUT2D eigenvalue weighted by atomic mass is 19.1. The summed E-state index contributed by atoms with van der Waals surface area (Å²) in [6, 6.07) is 5.92. The van der Waals surface area contributed by atoms with Gasteiger partial charge in [-0.25, -0.2) is 4.39 Å². The molecule has 118 valence electrons. The van der Waals surface area contributed by atoms with Crippen molar-refractivity contribution >= 4 is 5.69 Å². The van der Waals surface area contributed by atoms with E-state index in [1.165, 1.54) is 0 Å². The van der Waals surface area contributed by atoms with Crippen molar-refractivity contribution in [2.45, 2.75) is 58.9 Å². The molecule has 0 aromatic heterocycles. The van der Waals surface area contributed by atoms with E-state index in [2.05, 4.69) is 37.9 Å². The van der Waals surface area contributed by atoms with E-state index >= 15 is 0 Å². The predicted octanol–water partition coefficient (Wildman–Crippen LogP) is 3.33. The van der Waals surface area contributed by atoms with E-state index in [9.17, 15) is 4.39 Å². The number of nitrogens with zero attached hydrogens (tertiary/aromatic N) is 1. The molecule has 0 radical (unpaired) electrons. The first-order chi connectivity index (χ1) is 9.77. The minimum Gasteiger partial charge on any atom is -0.369 e. The summed E-state index contributed by atoms with van der Waals surface area (Å²) >= 11 is 0. The molecule has 1 aromatic rings. The zero-order chi connectivity index (χ0) is 15.6. The Kier molecular flexibility index (Phi) is 4.89. The third-order valence-corrected chi connectivity index (χ3v) is 3.64. The monoisotopic (exact) mass is 294 g/mol. The van der Waals surface area contributed by atoms with Crippen LogP contribution in [0.4, 0.5) is 10.1 Å². The van der Waals surface area contributed by atoms with E-state index in [1.54, 1.807) is 6.07 Å². The number of halogens is 1. The van der Waals surface area contributed by atoms with Gasteiger partial charge in [-0.05, 0) is 38.5 Å². The number of anilines is 1. The van der Waals surface area contributed by atoms with Crippen LogP contribution in [0.1, 0.15) is 40.2 Å². The number of hydrogen-bond acceptors (Lipinski definition) is 3. The molecule has 1 aliphatic heterocycles. The van der Waals surface area contributed by atoms with Crippen LogP contribution in [0.3, 0.4) is 0 Å². The first-order valence-electron chi connectivity index (χ1n) is 7.71. The van der Waals surface area contributed by atoms with Crippen LogP contribution in [-0.4, -0.2) is 30.8 Å². The maximum Gasteiger partial charge on any atom is 0.146 e. The van der Waals surface area contributed by atoms with Gasteiger partial charge >= 0.3 is 0 Å². The van der Waals surface area contributed by atoms with Gasteiger partial charge in [-0.2, -0.15) is 0 Å². The molecular weight excluding hydrogens is 267 g/mol. The molecule has 1 unspecified atom stereocenters. The van der Waals surface area contributed by atoms with E-state index in [4.69, 9.17) is 4.74 Å². The third-order valence-electron chi connectivity index (χ3n) is 3.64. The van der Waals surface area contributed by atoms with Crippen LogP contribution in [0, 0.1) is 5.82 Å². The Labute approximate surface area is 127 Å². The second-order valence-corrected chi connectivity index (χ2v) is 6.89. The molecule has 0 amide bonds. The zero-order valence-electron chi connectivity index (χ0n) is 13.7. The molecule has 1 atom stereocenters. The fourth-order valence-corrected chi connectivity index (χ4v) is 2.88. The topological polar surface area (TPSA) is 24.5 Å². The summed E-state index contributed by atoms with van der Waals surface area (Å²) in [6.07, 6.45) is 0.107. The number of hydrogen-bond donors (Lipinski definition) is 1. The van der Waals surface area contributed by atoms with Gasteiger partial charge in [0.1, 0.15) is 5.82 Å². The summed E-state index contributed by atoms with van der Waals surface area (Å²) in [7, 11) is 0. The van der Waals surface area contributed by atoms with Gasteiger partial charge in [-0.15, -0.1) is 0 Å². The number of benzene rings is 1. The molecule has 0 aliphatic carbocycles. The maximum absolute atomic E-state index is 14.4. The Bertz CT molecular complexity index is 488. The quantitative estimate of drug-likeness (QED) is 0.922. The lowest BCUT2D eigenvalue weighted by Gasteiger charge is -2.43. The van der Waals surface area contributed by atoms with Crippen molar-refractivity contribution in [1.82, 2.24) is 5.32 Å². The van der Waals surface area contributed by atoms with Crippen molar-refractivity contribution < 1.29 is 9.13 Å². The predicted molar refractivity (Wildman–Crippen MR) is 85.2 cm³/mol. The summed E-state index contributed by atoms with van der Waals surface area (Å²) < 4.78 is 20.3. The van der Waals surface area contributed by atoms with Crippen molar-refractivity contribution in [3.05, 3.63) is 29.6 Å². The van der Waals surface area contributed by atoms with Crippen LogP contribution in [0.25, 0.3) is 0 Å². The van der Waals surface area contributed by atoms with Gasteiger partial charge in [-0.1, -0.05) is 19.9 Å². The maximum atomic E-state index is 14.4. The summed E-state index contributed by atoms with van der Waals surface area (Å²) in [5.74, 6) is -0.150. The fourth-order valence-electron chi connectivity index (χ4n) is 2.88. The van der Waals surface area contributed by atoms with E-state index in [0.717, 1.165) is 12.1 Å². The molecule has 0 bridgehead atoms. The van der Waals surface area contributed by atoms with Crippen LogP contribution in [0.15, 0.2) is 18.2 Å². The van der Waals surface area contributed by atoms with Crippen LogP contribution in [0.2, 0.25) is 0 Å². The van der Waals surface area contributed by atoms with Gasteiger partial charge < -0.3 is 15.0 Å². The van der Waals surface area contributed by atoms with Crippen LogP contribution >= 0.6 is 0 Å². The molecule has 0 saturated carbocycles. The van der Waals surface area contributed by atoms with Gasteiger partial charge in [-0.3, -0.25) is 0 Å². The van der Waals surface area contributed by atoms with E-state index < -0.39 is 0 Å². The lowest BCUT2D eigenvalue weighted by Crippen LogP contribution is -2.52. The van der Waals surface area contributed by atoms with Gasteiger partial charge in [0.15, 0.2) is 0 Å². The number of rotatable bonds is 4. The highest BCUT2D eigenvalue weighted by Gasteiger charge is 2.32. The molecule has 0 spiro atoms. The molecule has 1 fully saturated rings. The fraction of sp³-hybridized carbons (Fsp3) is 0.647. The van der Waals surface area contributed by atoms with Gasteiger partial charge in [0.25, 0.3) is 0 Å². The van der Waals surface area contributed by atoms with Crippen molar-refractivity contribution in [3.8, 4) is 0 Å². The molecule has 2 rings (SSSR count). The van der Waals surface area contributed by atoms with Crippen LogP contribution in [-0.2, 0) is 11.3 Å². The molecule has 3 nitrogen and oxygen atoms in total. The number of ether oxygens (including phenoxy) is 1. The van der Waals surface area contributed by atoms with Crippen LogP contribution < -0.4 is 10.2 Å². The molecular formula is C17H27FN2O. The lowest BCUT2D eigenvalue weighted by molar-refractivity contribution is -0.0751. The molecule has 4 heteroatoms. The van der Waals surface area contributed by atoms with E-state index in [-0.39, 0.29) is 17.5 Å². The average molecular weight is 294 g/mol. The van der Waals surface area contributed by atoms with Crippen LogP contribution in [0.5, 0.6) is 0 Å². The standard InChI is InChI=1S/C17H27FN2O/c1-12(2)19-9-14-6-7-16(15(18)8-14)20-10-13(3)21-17(4,5)11-20/h6-8,12-13,19H,9-11H2,1-5H3. The Balaban J connectivity index is 2.13. The second kappa shape index (κ2) is 6.32.